The molecule has 5 N–H and O–H groups in total. The molecule has 4 aromatic rings. The minimum atomic E-state index is -0.422. The SMILES string of the molecule is Cc1cc(C(=O)Nc2cccc3c2O[C@H](CN(C)Cc2ccc(C(=O)Nc4ccccc4N)cc2)[C@@H](C)CN([C@@H](C)CO)C3=O)n(C)n1. The number of hydrogen-bond acceptors (Lipinski definition) is 8. The minimum absolute atomic E-state index is 0.126. The number of nitrogens with one attached hydrogen (secondary N) is 2. The fourth-order valence-electron chi connectivity index (χ4n) is 5.82. The number of amides is 3. The molecule has 12 nitrogen and oxygen atoms in total. The van der Waals surface area contributed by atoms with Gasteiger partial charge in [-0.25, -0.2) is 0 Å². The second-order valence-electron chi connectivity index (χ2n) is 12.5. The predicted octanol–water partition coefficient (Wildman–Crippen LogP) is 4.17. The number of likely N-dealkylation sites (N-methyl/N-ethyl adjacent to an activating group) is 1. The molecule has 48 heavy (non-hydrogen) atoms. The van der Waals surface area contributed by atoms with Crippen molar-refractivity contribution in [2.24, 2.45) is 13.0 Å². The summed E-state index contributed by atoms with van der Waals surface area (Å²) in [5, 5.41) is 20.1. The summed E-state index contributed by atoms with van der Waals surface area (Å²) < 4.78 is 8.16. The lowest BCUT2D eigenvalue weighted by Gasteiger charge is -2.38. The third-order valence-electron chi connectivity index (χ3n) is 8.54. The highest BCUT2D eigenvalue weighted by Gasteiger charge is 2.35. The number of aryl methyl sites for hydroxylation is 2. The van der Waals surface area contributed by atoms with E-state index < -0.39 is 6.04 Å². The summed E-state index contributed by atoms with van der Waals surface area (Å²) in [5.41, 5.74) is 10.3. The number of aromatic nitrogens is 2. The monoisotopic (exact) mass is 653 g/mol. The van der Waals surface area contributed by atoms with Crippen LogP contribution in [0.25, 0.3) is 0 Å². The molecule has 0 saturated carbocycles. The van der Waals surface area contributed by atoms with Gasteiger partial charge in [-0.1, -0.05) is 37.3 Å². The maximum Gasteiger partial charge on any atom is 0.274 e. The van der Waals surface area contributed by atoms with Crippen molar-refractivity contribution >= 4 is 34.8 Å². The lowest BCUT2D eigenvalue weighted by Crippen LogP contribution is -2.49. The lowest BCUT2D eigenvalue weighted by molar-refractivity contribution is 0.0343. The van der Waals surface area contributed by atoms with Crippen molar-refractivity contribution in [2.45, 2.75) is 39.5 Å². The second-order valence-corrected chi connectivity index (χ2v) is 12.5. The van der Waals surface area contributed by atoms with E-state index >= 15 is 0 Å². The van der Waals surface area contributed by atoms with Crippen molar-refractivity contribution in [3.8, 4) is 5.75 Å². The van der Waals surface area contributed by atoms with Gasteiger partial charge in [0, 0.05) is 38.2 Å². The van der Waals surface area contributed by atoms with Crippen molar-refractivity contribution in [1.82, 2.24) is 19.6 Å². The maximum atomic E-state index is 13.8. The topological polar surface area (TPSA) is 155 Å². The van der Waals surface area contributed by atoms with Gasteiger partial charge in [0.15, 0.2) is 5.75 Å². The fraction of sp³-hybridized carbons (Fsp3) is 0.333. The number of para-hydroxylation sites is 3. The first kappa shape index (κ1) is 34.1. The quantitative estimate of drug-likeness (QED) is 0.186. The van der Waals surface area contributed by atoms with Crippen molar-refractivity contribution in [2.75, 3.05) is 43.1 Å². The summed E-state index contributed by atoms with van der Waals surface area (Å²) in [7, 11) is 3.68. The highest BCUT2D eigenvalue weighted by Crippen LogP contribution is 2.35. The summed E-state index contributed by atoms with van der Waals surface area (Å²) >= 11 is 0. The van der Waals surface area contributed by atoms with Gasteiger partial charge in [0.2, 0.25) is 0 Å². The van der Waals surface area contributed by atoms with Gasteiger partial charge in [0.25, 0.3) is 17.7 Å². The fourth-order valence-corrected chi connectivity index (χ4v) is 5.82. The molecular formula is C36H43N7O5. The van der Waals surface area contributed by atoms with Gasteiger partial charge in [0.05, 0.1) is 41.0 Å². The smallest absolute Gasteiger partial charge is 0.274 e. The molecule has 0 aliphatic carbocycles. The Morgan fingerprint density at radius 1 is 1.06 bits per heavy atom. The average Bonchev–Trinajstić information content (AvgIpc) is 3.41. The van der Waals surface area contributed by atoms with E-state index in [2.05, 4.69) is 20.6 Å². The first-order chi connectivity index (χ1) is 22.9. The Morgan fingerprint density at radius 3 is 2.42 bits per heavy atom. The van der Waals surface area contributed by atoms with Gasteiger partial charge in [0.1, 0.15) is 11.8 Å². The Bertz CT molecular complexity index is 1790. The van der Waals surface area contributed by atoms with Crippen LogP contribution in [0.3, 0.4) is 0 Å². The Hall–Kier alpha value is -5.20. The van der Waals surface area contributed by atoms with Gasteiger partial charge in [-0.15, -0.1) is 0 Å². The zero-order valence-electron chi connectivity index (χ0n) is 27.9. The highest BCUT2D eigenvalue weighted by molar-refractivity contribution is 6.07. The van der Waals surface area contributed by atoms with Crippen molar-refractivity contribution in [1.29, 1.82) is 0 Å². The number of ether oxygens (including phenoxy) is 1. The molecule has 0 bridgehead atoms. The molecule has 1 aliphatic rings. The summed E-state index contributed by atoms with van der Waals surface area (Å²) in [6.07, 6.45) is -0.381. The molecule has 5 rings (SSSR count). The zero-order valence-corrected chi connectivity index (χ0v) is 27.9. The summed E-state index contributed by atoms with van der Waals surface area (Å²) in [4.78, 5) is 43.7. The van der Waals surface area contributed by atoms with E-state index in [9.17, 15) is 19.5 Å². The van der Waals surface area contributed by atoms with Crippen molar-refractivity contribution < 1.29 is 24.2 Å². The molecule has 0 saturated heterocycles. The maximum absolute atomic E-state index is 13.8. The van der Waals surface area contributed by atoms with E-state index in [0.717, 1.165) is 5.56 Å². The zero-order chi connectivity index (χ0) is 34.5. The summed E-state index contributed by atoms with van der Waals surface area (Å²) in [6.45, 7) is 6.88. The molecule has 1 aliphatic heterocycles. The number of nitrogens with two attached hydrogens (primary N) is 1. The molecule has 1 aromatic heterocycles. The number of nitrogens with zero attached hydrogens (tertiary/aromatic N) is 4. The molecule has 0 spiro atoms. The first-order valence-electron chi connectivity index (χ1n) is 15.9. The van der Waals surface area contributed by atoms with Gasteiger partial charge in [-0.2, -0.15) is 5.10 Å². The number of aliphatic hydroxyl groups is 1. The molecule has 252 valence electrons. The van der Waals surface area contributed by atoms with Crippen LogP contribution in [0, 0.1) is 12.8 Å². The molecule has 3 aromatic carbocycles. The van der Waals surface area contributed by atoms with Crippen LogP contribution in [0.15, 0.2) is 72.8 Å². The van der Waals surface area contributed by atoms with Crippen LogP contribution in [0.4, 0.5) is 17.1 Å². The van der Waals surface area contributed by atoms with Crippen molar-refractivity contribution in [3.05, 3.63) is 101 Å². The van der Waals surface area contributed by atoms with Crippen LogP contribution >= 0.6 is 0 Å². The van der Waals surface area contributed by atoms with Crippen LogP contribution in [0.5, 0.6) is 5.75 Å². The number of rotatable bonds is 10. The minimum Gasteiger partial charge on any atom is -0.486 e. The summed E-state index contributed by atoms with van der Waals surface area (Å²) in [5.74, 6) is -0.753. The molecule has 0 fully saturated rings. The van der Waals surface area contributed by atoms with Crippen LogP contribution in [0.2, 0.25) is 0 Å². The van der Waals surface area contributed by atoms with E-state index in [1.54, 1.807) is 60.5 Å². The number of nitrogen functional groups attached to an aromatic ring is 1. The summed E-state index contributed by atoms with van der Waals surface area (Å²) in [6, 6.07) is 20.9. The molecule has 12 heteroatoms. The number of fused-ring (bicyclic) bond motifs is 1. The first-order valence-corrected chi connectivity index (χ1v) is 15.9. The Labute approximate surface area is 280 Å². The Morgan fingerprint density at radius 2 is 1.75 bits per heavy atom. The number of anilines is 3. The highest BCUT2D eigenvalue weighted by atomic mass is 16.5. The third kappa shape index (κ3) is 7.67. The third-order valence-corrected chi connectivity index (χ3v) is 8.54. The number of carbonyl (C=O) groups is 3. The molecule has 2 heterocycles. The van der Waals surface area contributed by atoms with Crippen LogP contribution in [-0.4, -0.2) is 81.3 Å². The van der Waals surface area contributed by atoms with Crippen LogP contribution in [0.1, 0.15) is 56.3 Å². The van der Waals surface area contributed by atoms with Crippen molar-refractivity contribution in [3.63, 3.8) is 0 Å². The normalized spacial score (nSPS) is 16.8. The average molecular weight is 654 g/mol. The standard InChI is InChI=1S/C36H43N7O5/c1-22-18-43(24(3)21-44)36(47)27-9-8-12-30(39-35(46)31-17-23(2)40-42(31)5)33(27)48-32(22)20-41(4)19-25-13-15-26(16-14-25)34(45)38-29-11-7-6-10-28(29)37/h6-17,22,24,32,44H,18-21,37H2,1-5H3,(H,38,45)(H,39,46)/t22-,24-,32+/m0/s1. The van der Waals surface area contributed by atoms with Gasteiger partial charge in [-0.05, 0) is 68.9 Å². The molecular weight excluding hydrogens is 610 g/mol. The number of hydrogen-bond donors (Lipinski definition) is 4. The van der Waals surface area contributed by atoms with Gasteiger partial charge < -0.3 is 31.1 Å². The Kier molecular flexibility index (Phi) is 10.5. The number of carbonyl (C=O) groups excluding carboxylic acids is 3. The van der Waals surface area contributed by atoms with Crippen LogP contribution in [-0.2, 0) is 13.6 Å². The number of benzene rings is 3. The van der Waals surface area contributed by atoms with Gasteiger partial charge in [-0.3, -0.25) is 24.0 Å². The number of aliphatic hydroxyl groups excluding tert-OH is 1. The predicted molar refractivity (Wildman–Crippen MR) is 185 cm³/mol. The molecule has 0 radical (unpaired) electrons. The molecule has 0 unspecified atom stereocenters. The lowest BCUT2D eigenvalue weighted by atomic mass is 9.98. The van der Waals surface area contributed by atoms with Crippen LogP contribution < -0.4 is 21.1 Å². The molecule has 3 amide bonds. The van der Waals surface area contributed by atoms with E-state index in [0.29, 0.717) is 59.2 Å². The Balaban J connectivity index is 1.35. The van der Waals surface area contributed by atoms with E-state index in [-0.39, 0.29) is 42.1 Å². The van der Waals surface area contributed by atoms with E-state index in [1.807, 2.05) is 52.1 Å². The van der Waals surface area contributed by atoms with Gasteiger partial charge >= 0.3 is 0 Å². The van der Waals surface area contributed by atoms with E-state index in [4.69, 9.17) is 10.5 Å². The largest absolute Gasteiger partial charge is 0.486 e. The second kappa shape index (κ2) is 14.7. The van der Waals surface area contributed by atoms with E-state index in [1.165, 1.54) is 4.68 Å². The molecule has 3 atom stereocenters.